The first-order valence-electron chi connectivity index (χ1n) is 8.74. The van der Waals surface area contributed by atoms with E-state index in [1.165, 1.54) is 16.7 Å². The molecule has 1 amide bonds. The van der Waals surface area contributed by atoms with Crippen LogP contribution in [-0.4, -0.2) is 20.6 Å². The summed E-state index contributed by atoms with van der Waals surface area (Å²) in [5.74, 6) is 0.557. The molecule has 1 aromatic heterocycles. The van der Waals surface area contributed by atoms with E-state index in [2.05, 4.69) is 10.3 Å². The Hall–Kier alpha value is -2.70. The summed E-state index contributed by atoms with van der Waals surface area (Å²) in [6.07, 6.45) is 3.73. The van der Waals surface area contributed by atoms with Crippen LogP contribution in [0.2, 0.25) is 0 Å². The van der Waals surface area contributed by atoms with Crippen LogP contribution in [0.1, 0.15) is 47.6 Å². The number of halogens is 1. The lowest BCUT2D eigenvalue weighted by atomic mass is 10.0. The van der Waals surface area contributed by atoms with Crippen LogP contribution in [0.25, 0.3) is 0 Å². The number of nitrogens with one attached hydrogen (secondary N) is 1. The lowest BCUT2D eigenvalue weighted by Crippen LogP contribution is -2.32. The quantitative estimate of drug-likeness (QED) is 0.883. The minimum Gasteiger partial charge on any atom is -0.501 e. The molecule has 1 saturated carbocycles. The van der Waals surface area contributed by atoms with E-state index in [1.54, 1.807) is 12.1 Å². The van der Waals surface area contributed by atoms with Gasteiger partial charge in [-0.05, 0) is 49.3 Å². The summed E-state index contributed by atoms with van der Waals surface area (Å²) >= 11 is 0. The van der Waals surface area contributed by atoms with Crippen LogP contribution >= 0.6 is 0 Å². The van der Waals surface area contributed by atoms with Gasteiger partial charge >= 0.3 is 0 Å². The Kier molecular flexibility index (Phi) is 4.22. The van der Waals surface area contributed by atoms with Gasteiger partial charge in [-0.3, -0.25) is 14.2 Å². The number of hydrogen-bond donors (Lipinski definition) is 2. The molecule has 1 aliphatic heterocycles. The van der Waals surface area contributed by atoms with E-state index in [4.69, 9.17) is 0 Å². The number of benzene rings is 1. The van der Waals surface area contributed by atoms with Gasteiger partial charge in [0.15, 0.2) is 5.69 Å². The van der Waals surface area contributed by atoms with Crippen molar-refractivity contribution in [1.29, 1.82) is 0 Å². The van der Waals surface area contributed by atoms with Gasteiger partial charge in [0.2, 0.25) is 5.75 Å². The molecule has 1 aliphatic carbocycles. The molecule has 0 saturated heterocycles. The molecule has 1 aromatic carbocycles. The van der Waals surface area contributed by atoms with Crippen molar-refractivity contribution in [3.05, 3.63) is 63.4 Å². The number of nitrogens with zero attached hydrogens (tertiary/aromatic N) is 2. The Bertz CT molecular complexity index is 907. The molecule has 0 spiro atoms. The van der Waals surface area contributed by atoms with E-state index >= 15 is 0 Å². The minimum absolute atomic E-state index is 0.150. The molecule has 1 radical (unpaired) electrons. The molecule has 2 bridgehead atoms. The maximum absolute atomic E-state index is 12.9. The van der Waals surface area contributed by atoms with E-state index in [9.17, 15) is 19.1 Å². The van der Waals surface area contributed by atoms with Gasteiger partial charge in [-0.2, -0.15) is 0 Å². The highest BCUT2D eigenvalue weighted by Gasteiger charge is 2.34. The molecule has 6 nitrogen and oxygen atoms in total. The normalized spacial score (nSPS) is 19.0. The lowest BCUT2D eigenvalue weighted by Gasteiger charge is -2.17. The fraction of sp³-hybridized carbons (Fsp3) is 0.368. The molecule has 1 atom stereocenters. The average molecular weight is 356 g/mol. The van der Waals surface area contributed by atoms with E-state index in [0.29, 0.717) is 23.9 Å². The first kappa shape index (κ1) is 16.8. The molecule has 7 heteroatoms. The fourth-order valence-corrected chi connectivity index (χ4v) is 3.74. The number of amides is 1. The molecule has 4 rings (SSSR count). The van der Waals surface area contributed by atoms with Crippen molar-refractivity contribution < 1.29 is 14.3 Å². The first-order valence-corrected chi connectivity index (χ1v) is 8.74. The SMILES string of the molecule is O=C(NCc1ccc(F)cc1)c1nc2n(c(=O)c1O)CCC1CC[C]2C1. The summed E-state index contributed by atoms with van der Waals surface area (Å²) in [6, 6.07) is 5.73. The fourth-order valence-electron chi connectivity index (χ4n) is 3.74. The number of aromatic hydroxyl groups is 1. The third-order valence-electron chi connectivity index (χ3n) is 5.19. The summed E-state index contributed by atoms with van der Waals surface area (Å²) in [7, 11) is 0. The zero-order valence-corrected chi connectivity index (χ0v) is 14.2. The topological polar surface area (TPSA) is 84.2 Å². The van der Waals surface area contributed by atoms with Crippen LogP contribution in [0.4, 0.5) is 4.39 Å². The second-order valence-corrected chi connectivity index (χ2v) is 6.90. The van der Waals surface area contributed by atoms with Gasteiger partial charge in [-0.15, -0.1) is 0 Å². The molecule has 1 fully saturated rings. The molecule has 2 aliphatic rings. The summed E-state index contributed by atoms with van der Waals surface area (Å²) in [4.78, 5) is 29.3. The number of fused-ring (bicyclic) bond motifs is 4. The van der Waals surface area contributed by atoms with Gasteiger partial charge in [-0.25, -0.2) is 9.37 Å². The van der Waals surface area contributed by atoms with Gasteiger partial charge in [0.25, 0.3) is 11.5 Å². The maximum Gasteiger partial charge on any atom is 0.296 e. The predicted octanol–water partition coefficient (Wildman–Crippen LogP) is 2.14. The molecule has 1 unspecified atom stereocenters. The zero-order valence-electron chi connectivity index (χ0n) is 14.2. The Balaban J connectivity index is 1.61. The van der Waals surface area contributed by atoms with Crippen LogP contribution in [0.3, 0.4) is 0 Å². The van der Waals surface area contributed by atoms with Crippen LogP contribution in [0, 0.1) is 17.7 Å². The first-order chi connectivity index (χ1) is 12.5. The molecule has 26 heavy (non-hydrogen) atoms. The van der Waals surface area contributed by atoms with E-state index in [-0.39, 0.29) is 18.1 Å². The summed E-state index contributed by atoms with van der Waals surface area (Å²) in [5, 5.41) is 12.8. The second-order valence-electron chi connectivity index (χ2n) is 6.90. The summed E-state index contributed by atoms with van der Waals surface area (Å²) in [5.41, 5.74) is -0.109. The maximum atomic E-state index is 12.9. The Labute approximate surface area is 149 Å². The number of carbonyl (C=O) groups excluding carboxylic acids is 1. The molecular weight excluding hydrogens is 337 g/mol. The van der Waals surface area contributed by atoms with Crippen LogP contribution < -0.4 is 10.9 Å². The highest BCUT2D eigenvalue weighted by atomic mass is 19.1. The summed E-state index contributed by atoms with van der Waals surface area (Å²) < 4.78 is 14.4. The zero-order chi connectivity index (χ0) is 18.3. The van der Waals surface area contributed by atoms with Gasteiger partial charge in [0.05, 0.1) is 0 Å². The molecule has 2 N–H and O–H groups in total. The second kappa shape index (κ2) is 6.55. The monoisotopic (exact) mass is 356 g/mol. The van der Waals surface area contributed by atoms with Crippen LogP contribution in [0.15, 0.2) is 29.1 Å². The van der Waals surface area contributed by atoms with E-state index < -0.39 is 17.2 Å². The van der Waals surface area contributed by atoms with E-state index in [0.717, 1.165) is 31.6 Å². The number of hydrogen-bond acceptors (Lipinski definition) is 4. The number of carbonyl (C=O) groups is 1. The standard InChI is InChI=1S/C19H19FN3O3/c20-14-5-2-12(3-6-14)10-21-18(25)15-16(24)19(26)23-8-7-11-1-4-13(9-11)17(23)22-15/h2-3,5-6,11,24H,1,4,7-10H2,(H,21,25). The number of aromatic nitrogens is 2. The molecule has 2 aromatic rings. The van der Waals surface area contributed by atoms with Gasteiger partial charge in [0, 0.05) is 19.0 Å². The van der Waals surface area contributed by atoms with Crippen LogP contribution in [0.5, 0.6) is 5.75 Å². The van der Waals surface area contributed by atoms with Gasteiger partial charge in [0.1, 0.15) is 11.6 Å². The van der Waals surface area contributed by atoms with E-state index in [1.807, 2.05) is 0 Å². The van der Waals surface area contributed by atoms with Crippen LogP contribution in [-0.2, 0) is 13.1 Å². The Morgan fingerprint density at radius 1 is 1.31 bits per heavy atom. The van der Waals surface area contributed by atoms with Crippen molar-refractivity contribution in [3.8, 4) is 5.75 Å². The smallest absolute Gasteiger partial charge is 0.296 e. The summed E-state index contributed by atoms with van der Waals surface area (Å²) in [6.45, 7) is 0.664. The van der Waals surface area contributed by atoms with Crippen molar-refractivity contribution in [2.24, 2.45) is 5.92 Å². The number of rotatable bonds is 3. The Morgan fingerprint density at radius 3 is 2.85 bits per heavy atom. The largest absolute Gasteiger partial charge is 0.501 e. The van der Waals surface area contributed by atoms with Crippen molar-refractivity contribution in [1.82, 2.24) is 14.9 Å². The van der Waals surface area contributed by atoms with Gasteiger partial charge in [-0.1, -0.05) is 12.1 Å². The highest BCUT2D eigenvalue weighted by molar-refractivity contribution is 5.94. The molecular formula is C19H19FN3O3. The third kappa shape index (κ3) is 2.98. The van der Waals surface area contributed by atoms with Gasteiger partial charge < -0.3 is 10.4 Å². The third-order valence-corrected chi connectivity index (χ3v) is 5.19. The molecule has 2 heterocycles. The van der Waals surface area contributed by atoms with Crippen molar-refractivity contribution in [2.75, 3.05) is 0 Å². The average Bonchev–Trinajstić information content (AvgIpc) is 3.02. The van der Waals surface area contributed by atoms with Crippen molar-refractivity contribution >= 4 is 5.91 Å². The minimum atomic E-state index is -0.622. The highest BCUT2D eigenvalue weighted by Crippen LogP contribution is 2.40. The lowest BCUT2D eigenvalue weighted by molar-refractivity contribution is 0.0941. The Morgan fingerprint density at radius 2 is 2.08 bits per heavy atom. The predicted molar refractivity (Wildman–Crippen MR) is 92.0 cm³/mol. The van der Waals surface area contributed by atoms with Crippen molar-refractivity contribution in [3.63, 3.8) is 0 Å². The van der Waals surface area contributed by atoms with Crippen molar-refractivity contribution in [2.45, 2.75) is 38.8 Å². The molecule has 135 valence electrons.